The van der Waals surface area contributed by atoms with Gasteiger partial charge in [0.15, 0.2) is 11.3 Å². The number of ether oxygens (including phenoxy) is 2. The van der Waals surface area contributed by atoms with Crippen LogP contribution < -0.4 is 9.47 Å². The number of aliphatic hydroxyl groups is 1. The first-order chi connectivity index (χ1) is 19.7. The lowest BCUT2D eigenvalue weighted by molar-refractivity contribution is -0.143. The summed E-state index contributed by atoms with van der Waals surface area (Å²) in [6, 6.07) is 7.84. The number of piperazine rings is 1. The molecule has 3 aromatic heterocycles. The number of carbonyl (C=O) groups is 1. The van der Waals surface area contributed by atoms with Crippen molar-refractivity contribution in [3.63, 3.8) is 0 Å². The van der Waals surface area contributed by atoms with E-state index in [1.807, 2.05) is 4.90 Å². The van der Waals surface area contributed by atoms with Crippen LogP contribution in [-0.2, 0) is 6.18 Å². The van der Waals surface area contributed by atoms with Crippen molar-refractivity contribution in [3.05, 3.63) is 71.3 Å². The molecular weight excluding hydrogens is 541 g/mol. The van der Waals surface area contributed by atoms with Crippen molar-refractivity contribution in [3.8, 4) is 22.8 Å². The zero-order valence-corrected chi connectivity index (χ0v) is 22.7. The van der Waals surface area contributed by atoms with Gasteiger partial charge in [0.2, 0.25) is 0 Å². The van der Waals surface area contributed by atoms with Crippen LogP contribution in [0.4, 0.5) is 13.2 Å². The normalized spacial score (nSPS) is 15.2. The van der Waals surface area contributed by atoms with E-state index in [0.29, 0.717) is 47.8 Å². The minimum Gasteiger partial charge on any atom is -0.497 e. The third-order valence-corrected chi connectivity index (χ3v) is 7.35. The number of hydrogen-bond acceptors (Lipinski definition) is 8. The number of rotatable bonds is 7. The summed E-state index contributed by atoms with van der Waals surface area (Å²) in [7, 11) is 3.04. The Labute approximate surface area is 233 Å². The Hall–Kier alpha value is -4.23. The number of alkyl halides is 3. The molecule has 4 heterocycles. The highest BCUT2D eigenvalue weighted by Gasteiger charge is 2.39. The molecule has 0 spiro atoms. The molecule has 216 valence electrons. The monoisotopic (exact) mass is 570 g/mol. The minimum absolute atomic E-state index is 0.0219. The van der Waals surface area contributed by atoms with Gasteiger partial charge >= 0.3 is 6.18 Å². The molecule has 0 radical (unpaired) electrons. The Morgan fingerprint density at radius 2 is 1.76 bits per heavy atom. The second kappa shape index (κ2) is 11.3. The molecule has 1 aromatic carbocycles. The van der Waals surface area contributed by atoms with Crippen molar-refractivity contribution in [2.45, 2.75) is 19.1 Å². The molecule has 0 unspecified atom stereocenters. The third-order valence-electron chi connectivity index (χ3n) is 7.35. The highest BCUT2D eigenvalue weighted by Crippen LogP contribution is 2.37. The molecule has 0 bridgehead atoms. The molecule has 1 saturated heterocycles. The van der Waals surface area contributed by atoms with E-state index in [2.05, 4.69) is 15.1 Å². The Balaban J connectivity index is 1.45. The molecule has 13 heteroatoms. The topological polar surface area (TPSA) is 105 Å². The zero-order chi connectivity index (χ0) is 29.3. The van der Waals surface area contributed by atoms with Gasteiger partial charge < -0.3 is 19.5 Å². The van der Waals surface area contributed by atoms with Crippen LogP contribution in [0.25, 0.3) is 16.9 Å². The third kappa shape index (κ3) is 5.30. The number of benzene rings is 1. The van der Waals surface area contributed by atoms with E-state index in [1.165, 1.54) is 14.0 Å². The summed E-state index contributed by atoms with van der Waals surface area (Å²) < 4.78 is 54.1. The molecular formula is C28H29F3N6O4. The second-order valence-corrected chi connectivity index (χ2v) is 9.60. The number of halogens is 3. The SMILES string of the molecule is COc1ccc(-c2nc3c(C(=O)N4CCN([C@@H](CO)c5cnccc5OC)CC4)cnn3c(C(F)(F)F)c2C)cc1. The first kappa shape index (κ1) is 28.3. The van der Waals surface area contributed by atoms with Gasteiger partial charge in [-0.05, 0) is 37.3 Å². The summed E-state index contributed by atoms with van der Waals surface area (Å²) in [4.78, 5) is 25.8. The highest BCUT2D eigenvalue weighted by atomic mass is 19.4. The van der Waals surface area contributed by atoms with Crippen LogP contribution in [0.2, 0.25) is 0 Å². The summed E-state index contributed by atoms with van der Waals surface area (Å²) >= 11 is 0. The molecule has 1 amide bonds. The van der Waals surface area contributed by atoms with Crippen molar-refractivity contribution in [1.29, 1.82) is 0 Å². The van der Waals surface area contributed by atoms with E-state index in [4.69, 9.17) is 9.47 Å². The van der Waals surface area contributed by atoms with Crippen LogP contribution in [-0.4, -0.2) is 87.4 Å². The van der Waals surface area contributed by atoms with E-state index in [0.717, 1.165) is 11.8 Å². The number of methoxy groups -OCH3 is 2. The molecule has 1 fully saturated rings. The lowest BCUT2D eigenvalue weighted by atomic mass is 10.0. The first-order valence-electron chi connectivity index (χ1n) is 12.9. The van der Waals surface area contributed by atoms with Gasteiger partial charge in [0.1, 0.15) is 17.1 Å². The van der Waals surface area contributed by atoms with Crippen LogP contribution in [0.5, 0.6) is 11.5 Å². The van der Waals surface area contributed by atoms with Crippen LogP contribution in [0.1, 0.15) is 33.2 Å². The first-order valence-corrected chi connectivity index (χ1v) is 12.9. The summed E-state index contributed by atoms with van der Waals surface area (Å²) in [6.07, 6.45) is -0.358. The molecule has 1 N–H and O–H groups in total. The summed E-state index contributed by atoms with van der Waals surface area (Å²) in [5.74, 6) is 0.677. The number of hydrogen-bond donors (Lipinski definition) is 1. The van der Waals surface area contributed by atoms with Gasteiger partial charge in [-0.3, -0.25) is 14.7 Å². The van der Waals surface area contributed by atoms with Crippen LogP contribution in [0.15, 0.2) is 48.9 Å². The highest BCUT2D eigenvalue weighted by molar-refractivity contribution is 6.00. The predicted molar refractivity (Wildman–Crippen MR) is 143 cm³/mol. The second-order valence-electron chi connectivity index (χ2n) is 9.60. The molecule has 0 aliphatic carbocycles. The fourth-order valence-corrected chi connectivity index (χ4v) is 5.24. The van der Waals surface area contributed by atoms with Gasteiger partial charge in [-0.1, -0.05) is 0 Å². The van der Waals surface area contributed by atoms with Gasteiger partial charge in [-0.15, -0.1) is 0 Å². The van der Waals surface area contributed by atoms with E-state index < -0.39 is 17.8 Å². The Morgan fingerprint density at radius 3 is 2.37 bits per heavy atom. The number of pyridine rings is 1. The van der Waals surface area contributed by atoms with Gasteiger partial charge in [-0.2, -0.15) is 18.3 Å². The van der Waals surface area contributed by atoms with Gasteiger partial charge in [-0.25, -0.2) is 9.50 Å². The lowest BCUT2D eigenvalue weighted by Crippen LogP contribution is -2.50. The standard InChI is InChI=1S/C28H29F3N6O4/c1-17-24(18-4-6-19(40-2)7-5-18)34-26-21(15-33-37(26)25(17)28(29,30)31)27(39)36-12-10-35(11-13-36)22(16-38)20-14-32-9-8-23(20)41-3/h4-9,14-15,22,38H,10-13,16H2,1-3H3/t22-/m0/s1. The van der Waals surface area contributed by atoms with Crippen molar-refractivity contribution in [1.82, 2.24) is 29.4 Å². The van der Waals surface area contributed by atoms with Crippen LogP contribution in [0.3, 0.4) is 0 Å². The van der Waals surface area contributed by atoms with E-state index in [1.54, 1.807) is 54.7 Å². The average molecular weight is 571 g/mol. The maximum atomic E-state index is 14.3. The summed E-state index contributed by atoms with van der Waals surface area (Å²) in [5, 5.41) is 14.1. The smallest absolute Gasteiger partial charge is 0.433 e. The molecule has 0 saturated carbocycles. The molecule has 1 aliphatic rings. The lowest BCUT2D eigenvalue weighted by Gasteiger charge is -2.38. The van der Waals surface area contributed by atoms with E-state index in [-0.39, 0.29) is 35.1 Å². The maximum absolute atomic E-state index is 14.3. The van der Waals surface area contributed by atoms with Crippen molar-refractivity contribution in [2.24, 2.45) is 0 Å². The summed E-state index contributed by atoms with van der Waals surface area (Å²) in [5.41, 5.74) is -0.0142. The van der Waals surface area contributed by atoms with Crippen molar-refractivity contribution in [2.75, 3.05) is 47.0 Å². The van der Waals surface area contributed by atoms with Gasteiger partial charge in [0, 0.05) is 55.3 Å². The van der Waals surface area contributed by atoms with Crippen LogP contribution in [0, 0.1) is 6.92 Å². The Kier molecular flexibility index (Phi) is 7.82. The minimum atomic E-state index is -4.74. The molecule has 41 heavy (non-hydrogen) atoms. The van der Waals surface area contributed by atoms with Crippen molar-refractivity contribution < 1.29 is 32.5 Å². The molecule has 1 atom stereocenters. The quantitative estimate of drug-likeness (QED) is 0.359. The van der Waals surface area contributed by atoms with Gasteiger partial charge in [0.25, 0.3) is 5.91 Å². The van der Waals surface area contributed by atoms with Gasteiger partial charge in [0.05, 0.1) is 38.8 Å². The average Bonchev–Trinajstić information content (AvgIpc) is 3.40. The predicted octanol–water partition coefficient (Wildman–Crippen LogP) is 3.63. The van der Waals surface area contributed by atoms with Crippen LogP contribution >= 0.6 is 0 Å². The fourth-order valence-electron chi connectivity index (χ4n) is 5.24. The molecule has 5 rings (SSSR count). The molecule has 1 aliphatic heterocycles. The number of fused-ring (bicyclic) bond motifs is 1. The Bertz CT molecular complexity index is 1550. The number of aliphatic hydroxyl groups excluding tert-OH is 1. The number of amides is 1. The van der Waals surface area contributed by atoms with E-state index in [9.17, 15) is 23.1 Å². The molecule has 4 aromatic rings. The largest absolute Gasteiger partial charge is 0.497 e. The number of aromatic nitrogens is 4. The number of carbonyl (C=O) groups excluding carboxylic acids is 1. The molecule has 10 nitrogen and oxygen atoms in total. The number of nitrogens with zero attached hydrogens (tertiary/aromatic N) is 6. The maximum Gasteiger partial charge on any atom is 0.433 e. The summed E-state index contributed by atoms with van der Waals surface area (Å²) in [6.45, 7) is 2.59. The van der Waals surface area contributed by atoms with Crippen molar-refractivity contribution >= 4 is 11.6 Å². The van der Waals surface area contributed by atoms with E-state index >= 15 is 0 Å². The fraction of sp³-hybridized carbons (Fsp3) is 0.357. The Morgan fingerprint density at radius 1 is 1.05 bits per heavy atom. The zero-order valence-electron chi connectivity index (χ0n) is 22.7.